The van der Waals surface area contributed by atoms with Gasteiger partial charge in [-0.1, -0.05) is 13.8 Å². The first kappa shape index (κ1) is 15.2. The van der Waals surface area contributed by atoms with Crippen LogP contribution in [0.4, 0.5) is 11.8 Å². The van der Waals surface area contributed by atoms with Gasteiger partial charge < -0.3 is 15.5 Å². The van der Waals surface area contributed by atoms with Gasteiger partial charge in [-0.25, -0.2) is 4.98 Å². The molecule has 1 atom stereocenters. The lowest BCUT2D eigenvalue weighted by Gasteiger charge is -2.26. The fourth-order valence-corrected chi connectivity index (χ4v) is 1.89. The molecule has 0 aliphatic rings. The molecule has 0 amide bonds. The van der Waals surface area contributed by atoms with Crippen molar-refractivity contribution in [2.45, 2.75) is 19.9 Å². The summed E-state index contributed by atoms with van der Waals surface area (Å²) in [6.45, 7) is 5.37. The lowest BCUT2D eigenvalue weighted by Crippen LogP contribution is -2.36. The number of halogens is 1. The highest BCUT2D eigenvalue weighted by Gasteiger charge is 2.16. The number of rotatable bonds is 6. The van der Waals surface area contributed by atoms with Crippen molar-refractivity contribution in [3.05, 3.63) is 10.7 Å². The normalized spacial score (nSPS) is 12.9. The van der Waals surface area contributed by atoms with Gasteiger partial charge in [-0.05, 0) is 35.9 Å². The van der Waals surface area contributed by atoms with Crippen molar-refractivity contribution in [1.82, 2.24) is 14.9 Å². The number of hydrogen-bond donors (Lipinski definition) is 2. The fourth-order valence-electron chi connectivity index (χ4n) is 1.58. The molecule has 102 valence electrons. The van der Waals surface area contributed by atoms with Crippen LogP contribution in [0.3, 0.4) is 0 Å². The molecule has 2 N–H and O–H groups in total. The summed E-state index contributed by atoms with van der Waals surface area (Å²) in [5.74, 6) is 1.97. The smallest absolute Gasteiger partial charge is 0.224 e. The maximum atomic E-state index is 4.42. The van der Waals surface area contributed by atoms with E-state index in [-0.39, 0.29) is 0 Å². The highest BCUT2D eigenvalue weighted by atomic mass is 79.9. The zero-order valence-corrected chi connectivity index (χ0v) is 13.2. The average Bonchev–Trinajstić information content (AvgIpc) is 2.30. The highest BCUT2D eigenvalue weighted by Crippen LogP contribution is 2.22. The summed E-state index contributed by atoms with van der Waals surface area (Å²) >= 11 is 3.47. The molecule has 1 aromatic heterocycles. The first-order valence-corrected chi connectivity index (χ1v) is 6.85. The van der Waals surface area contributed by atoms with Gasteiger partial charge in [0.05, 0.1) is 4.47 Å². The Labute approximate surface area is 118 Å². The average molecular weight is 316 g/mol. The van der Waals surface area contributed by atoms with Crippen LogP contribution in [0.15, 0.2) is 10.7 Å². The Morgan fingerprint density at radius 3 is 2.56 bits per heavy atom. The van der Waals surface area contributed by atoms with Crippen LogP contribution in [0.1, 0.15) is 13.8 Å². The van der Waals surface area contributed by atoms with Crippen LogP contribution in [0.5, 0.6) is 0 Å². The Morgan fingerprint density at radius 2 is 2.06 bits per heavy atom. The zero-order valence-electron chi connectivity index (χ0n) is 11.7. The predicted octanol–water partition coefficient (Wildman–Crippen LogP) is 2.28. The second-order valence-electron chi connectivity index (χ2n) is 4.90. The summed E-state index contributed by atoms with van der Waals surface area (Å²) in [4.78, 5) is 10.7. The maximum absolute atomic E-state index is 4.42. The molecule has 5 nitrogen and oxygen atoms in total. The first-order chi connectivity index (χ1) is 8.43. The maximum Gasteiger partial charge on any atom is 0.224 e. The third-order valence-electron chi connectivity index (χ3n) is 2.66. The van der Waals surface area contributed by atoms with Crippen molar-refractivity contribution in [2.75, 3.05) is 38.3 Å². The molecule has 0 spiro atoms. The summed E-state index contributed by atoms with van der Waals surface area (Å²) in [5, 5.41) is 6.42. The van der Waals surface area contributed by atoms with E-state index in [0.717, 1.165) is 16.8 Å². The molecule has 0 aromatic carbocycles. The lowest BCUT2D eigenvalue weighted by molar-refractivity contribution is 0.344. The molecular formula is C12H22BrN5. The van der Waals surface area contributed by atoms with E-state index in [1.165, 1.54) is 0 Å². The number of aromatic nitrogens is 2. The zero-order chi connectivity index (χ0) is 13.7. The van der Waals surface area contributed by atoms with Crippen molar-refractivity contribution in [3.63, 3.8) is 0 Å². The standard InChI is InChI=1S/C12H22BrN5/c1-8(2)10(7-18(4)5)16-11-9(13)6-15-12(14-3)17-11/h6,8,10H,7H2,1-5H3,(H2,14,15,16,17). The summed E-state index contributed by atoms with van der Waals surface area (Å²) < 4.78 is 0.880. The van der Waals surface area contributed by atoms with Crippen molar-refractivity contribution in [1.29, 1.82) is 0 Å². The summed E-state index contributed by atoms with van der Waals surface area (Å²) in [6, 6.07) is 0.343. The van der Waals surface area contributed by atoms with E-state index in [1.54, 1.807) is 6.20 Å². The number of likely N-dealkylation sites (N-methyl/N-ethyl adjacent to an activating group) is 1. The Morgan fingerprint density at radius 1 is 1.39 bits per heavy atom. The molecule has 0 bridgehead atoms. The second kappa shape index (κ2) is 6.89. The van der Waals surface area contributed by atoms with Gasteiger partial charge >= 0.3 is 0 Å². The van der Waals surface area contributed by atoms with Gasteiger partial charge in [0.25, 0.3) is 0 Å². The van der Waals surface area contributed by atoms with Crippen LogP contribution in [0.2, 0.25) is 0 Å². The van der Waals surface area contributed by atoms with E-state index in [9.17, 15) is 0 Å². The molecule has 0 aliphatic heterocycles. The molecule has 1 rings (SSSR count). The Balaban J connectivity index is 2.85. The van der Waals surface area contributed by atoms with Crippen LogP contribution in [-0.4, -0.2) is 48.6 Å². The van der Waals surface area contributed by atoms with Gasteiger partial charge in [0.2, 0.25) is 5.95 Å². The SMILES string of the molecule is CNc1ncc(Br)c(NC(CN(C)C)C(C)C)n1. The van der Waals surface area contributed by atoms with Gasteiger partial charge in [0.15, 0.2) is 0 Å². The van der Waals surface area contributed by atoms with Gasteiger partial charge in [0, 0.05) is 25.8 Å². The van der Waals surface area contributed by atoms with E-state index < -0.39 is 0 Å². The number of nitrogens with one attached hydrogen (secondary N) is 2. The van der Waals surface area contributed by atoms with E-state index in [0.29, 0.717) is 17.9 Å². The van der Waals surface area contributed by atoms with Crippen molar-refractivity contribution in [3.8, 4) is 0 Å². The monoisotopic (exact) mass is 315 g/mol. The Bertz CT molecular complexity index is 381. The van der Waals surface area contributed by atoms with Crippen LogP contribution in [0, 0.1) is 5.92 Å². The summed E-state index contributed by atoms with van der Waals surface area (Å²) in [5.41, 5.74) is 0. The van der Waals surface area contributed by atoms with Crippen molar-refractivity contribution < 1.29 is 0 Å². The second-order valence-corrected chi connectivity index (χ2v) is 5.75. The quantitative estimate of drug-likeness (QED) is 0.843. The Hall–Kier alpha value is -0.880. The van der Waals surface area contributed by atoms with Gasteiger partial charge in [-0.3, -0.25) is 0 Å². The number of hydrogen-bond acceptors (Lipinski definition) is 5. The minimum Gasteiger partial charge on any atom is -0.365 e. The molecule has 1 unspecified atom stereocenters. The van der Waals surface area contributed by atoms with E-state index >= 15 is 0 Å². The third kappa shape index (κ3) is 4.42. The molecule has 1 heterocycles. The molecule has 6 heteroatoms. The third-order valence-corrected chi connectivity index (χ3v) is 3.24. The molecule has 0 saturated heterocycles. The van der Waals surface area contributed by atoms with Gasteiger partial charge in [-0.2, -0.15) is 4.98 Å². The molecule has 18 heavy (non-hydrogen) atoms. The predicted molar refractivity (Wildman–Crippen MR) is 80.1 cm³/mol. The topological polar surface area (TPSA) is 53.1 Å². The number of nitrogens with zero attached hydrogens (tertiary/aromatic N) is 3. The summed E-state index contributed by atoms with van der Waals surface area (Å²) in [6.07, 6.45) is 1.76. The summed E-state index contributed by atoms with van der Waals surface area (Å²) in [7, 11) is 5.96. The highest BCUT2D eigenvalue weighted by molar-refractivity contribution is 9.10. The number of anilines is 2. The molecule has 0 aliphatic carbocycles. The van der Waals surface area contributed by atoms with Crippen molar-refractivity contribution >= 4 is 27.7 Å². The fraction of sp³-hybridized carbons (Fsp3) is 0.667. The molecule has 0 saturated carbocycles. The van der Waals surface area contributed by atoms with E-state index in [4.69, 9.17) is 0 Å². The van der Waals surface area contributed by atoms with Gasteiger partial charge in [0.1, 0.15) is 5.82 Å². The van der Waals surface area contributed by atoms with Crippen LogP contribution < -0.4 is 10.6 Å². The lowest BCUT2D eigenvalue weighted by atomic mass is 10.0. The first-order valence-electron chi connectivity index (χ1n) is 6.05. The van der Waals surface area contributed by atoms with Crippen LogP contribution >= 0.6 is 15.9 Å². The largest absolute Gasteiger partial charge is 0.365 e. The van der Waals surface area contributed by atoms with Crippen LogP contribution in [-0.2, 0) is 0 Å². The van der Waals surface area contributed by atoms with E-state index in [1.807, 2.05) is 7.05 Å². The molecule has 1 aromatic rings. The Kier molecular flexibility index (Phi) is 5.81. The van der Waals surface area contributed by atoms with E-state index in [2.05, 4.69) is 69.4 Å². The van der Waals surface area contributed by atoms with Crippen LogP contribution in [0.25, 0.3) is 0 Å². The minimum atomic E-state index is 0.343. The minimum absolute atomic E-state index is 0.343. The molecular weight excluding hydrogens is 294 g/mol. The van der Waals surface area contributed by atoms with Gasteiger partial charge in [-0.15, -0.1) is 0 Å². The molecule has 0 fully saturated rings. The van der Waals surface area contributed by atoms with Crippen molar-refractivity contribution in [2.24, 2.45) is 5.92 Å². The molecule has 0 radical (unpaired) electrons.